The third-order valence-electron chi connectivity index (χ3n) is 4.69. The number of anilines is 1. The molecule has 3 rings (SSSR count). The van der Waals surface area contributed by atoms with Crippen molar-refractivity contribution < 1.29 is 23.1 Å². The van der Waals surface area contributed by atoms with Crippen LogP contribution in [0, 0.1) is 11.3 Å². The highest BCUT2D eigenvalue weighted by molar-refractivity contribution is 5.74. The fraction of sp³-hybridized carbons (Fsp3) is 0.571. The van der Waals surface area contributed by atoms with Crippen LogP contribution in [0.25, 0.3) is 0 Å². The van der Waals surface area contributed by atoms with Gasteiger partial charge >= 0.3 is 12.1 Å². The number of pyridine rings is 1. The van der Waals surface area contributed by atoms with Crippen molar-refractivity contribution in [1.82, 2.24) is 4.98 Å². The smallest absolute Gasteiger partial charge is 0.419 e. The maximum Gasteiger partial charge on any atom is 0.419 e. The van der Waals surface area contributed by atoms with Gasteiger partial charge < -0.3 is 10.0 Å². The summed E-state index contributed by atoms with van der Waals surface area (Å²) in [5.41, 5.74) is -1.18. The van der Waals surface area contributed by atoms with Gasteiger partial charge in [-0.1, -0.05) is 6.42 Å². The fourth-order valence-electron chi connectivity index (χ4n) is 3.48. The quantitative estimate of drug-likeness (QED) is 0.912. The van der Waals surface area contributed by atoms with Crippen molar-refractivity contribution in [2.75, 3.05) is 18.0 Å². The number of alkyl halides is 3. The molecule has 2 aliphatic rings. The van der Waals surface area contributed by atoms with Crippen molar-refractivity contribution >= 4 is 11.8 Å². The number of halogens is 3. The van der Waals surface area contributed by atoms with Crippen LogP contribution in [0.2, 0.25) is 0 Å². The molecule has 1 aliphatic carbocycles. The summed E-state index contributed by atoms with van der Waals surface area (Å²) in [6.45, 7) is 0.430. The SMILES string of the molecule is O=C(O)[C@@H]1CN(c2ncccc2C(F)(F)F)CC12CCC2. The molecule has 0 aromatic carbocycles. The molecule has 114 valence electrons. The molecule has 0 radical (unpaired) electrons. The molecule has 1 aromatic rings. The predicted molar refractivity (Wildman–Crippen MR) is 68.9 cm³/mol. The highest BCUT2D eigenvalue weighted by Gasteiger charge is 2.54. The van der Waals surface area contributed by atoms with Gasteiger partial charge in [0.15, 0.2) is 0 Å². The molecule has 1 saturated heterocycles. The molecule has 2 fully saturated rings. The molecule has 1 saturated carbocycles. The molecular formula is C14H15F3N2O2. The number of aromatic nitrogens is 1. The van der Waals surface area contributed by atoms with Gasteiger partial charge in [0.05, 0.1) is 11.5 Å². The normalized spacial score (nSPS) is 24.1. The van der Waals surface area contributed by atoms with Gasteiger partial charge in [0.25, 0.3) is 0 Å². The Balaban J connectivity index is 1.95. The summed E-state index contributed by atoms with van der Waals surface area (Å²) in [6.07, 6.45) is -0.723. The van der Waals surface area contributed by atoms with E-state index in [9.17, 15) is 23.1 Å². The van der Waals surface area contributed by atoms with Crippen molar-refractivity contribution in [1.29, 1.82) is 0 Å². The third kappa shape index (κ3) is 2.24. The van der Waals surface area contributed by atoms with E-state index >= 15 is 0 Å². The Hall–Kier alpha value is -1.79. The standard InChI is InChI=1S/C14H15F3N2O2/c15-14(16,17)9-3-1-6-18-11(9)19-7-10(12(20)21)13(8-19)4-2-5-13/h1,3,6,10H,2,4-5,7-8H2,(H,20,21)/t10-/m0/s1. The van der Waals surface area contributed by atoms with Crippen molar-refractivity contribution in [3.05, 3.63) is 23.9 Å². The van der Waals surface area contributed by atoms with Gasteiger partial charge in [-0.05, 0) is 25.0 Å². The van der Waals surface area contributed by atoms with Crippen LogP contribution in [0.3, 0.4) is 0 Å². The average molecular weight is 300 g/mol. The van der Waals surface area contributed by atoms with Gasteiger partial charge in [0, 0.05) is 24.7 Å². The van der Waals surface area contributed by atoms with E-state index in [1.54, 1.807) is 0 Å². The zero-order valence-corrected chi connectivity index (χ0v) is 11.2. The second kappa shape index (κ2) is 4.61. The molecule has 0 amide bonds. The van der Waals surface area contributed by atoms with Crippen LogP contribution >= 0.6 is 0 Å². The van der Waals surface area contributed by atoms with Gasteiger partial charge in [-0.25, -0.2) is 4.98 Å². The minimum absolute atomic E-state index is 0.0927. The molecule has 1 aliphatic heterocycles. The zero-order chi connectivity index (χ0) is 15.3. The number of carboxylic acid groups (broad SMARTS) is 1. The van der Waals surface area contributed by atoms with Crippen LogP contribution in [0.5, 0.6) is 0 Å². The van der Waals surface area contributed by atoms with E-state index < -0.39 is 23.6 Å². The Labute approximate surface area is 119 Å². The van der Waals surface area contributed by atoms with Crippen LogP contribution in [0.4, 0.5) is 19.0 Å². The number of carboxylic acids is 1. The largest absolute Gasteiger partial charge is 0.481 e. The summed E-state index contributed by atoms with van der Waals surface area (Å²) >= 11 is 0. The summed E-state index contributed by atoms with van der Waals surface area (Å²) in [4.78, 5) is 16.7. The number of aliphatic carboxylic acids is 1. The molecular weight excluding hydrogens is 285 g/mol. The topological polar surface area (TPSA) is 53.4 Å². The van der Waals surface area contributed by atoms with E-state index in [-0.39, 0.29) is 17.8 Å². The first-order chi connectivity index (χ1) is 9.83. The Morgan fingerprint density at radius 1 is 1.43 bits per heavy atom. The van der Waals surface area contributed by atoms with Crippen LogP contribution in [0.1, 0.15) is 24.8 Å². The van der Waals surface area contributed by atoms with E-state index in [4.69, 9.17) is 0 Å². The molecule has 1 aromatic heterocycles. The highest BCUT2D eigenvalue weighted by Crippen LogP contribution is 2.53. The molecule has 1 N–H and O–H groups in total. The van der Waals surface area contributed by atoms with Crippen molar-refractivity contribution in [3.8, 4) is 0 Å². The van der Waals surface area contributed by atoms with E-state index in [1.165, 1.54) is 17.2 Å². The van der Waals surface area contributed by atoms with Crippen LogP contribution < -0.4 is 4.90 Å². The summed E-state index contributed by atoms with van der Waals surface area (Å²) in [5.74, 6) is -1.70. The fourth-order valence-corrected chi connectivity index (χ4v) is 3.48. The molecule has 1 spiro atoms. The maximum absolute atomic E-state index is 13.1. The first-order valence-electron chi connectivity index (χ1n) is 6.83. The number of hydrogen-bond acceptors (Lipinski definition) is 3. The summed E-state index contributed by atoms with van der Waals surface area (Å²) in [6, 6.07) is 2.24. The predicted octanol–water partition coefficient (Wildman–Crippen LogP) is 2.79. The van der Waals surface area contributed by atoms with Crippen LogP contribution in [-0.2, 0) is 11.0 Å². The number of carbonyl (C=O) groups is 1. The van der Waals surface area contributed by atoms with Gasteiger partial charge in [-0.2, -0.15) is 13.2 Å². The van der Waals surface area contributed by atoms with E-state index in [0.717, 1.165) is 25.3 Å². The van der Waals surface area contributed by atoms with Crippen LogP contribution in [0.15, 0.2) is 18.3 Å². The second-order valence-corrected chi connectivity index (χ2v) is 5.86. The first-order valence-corrected chi connectivity index (χ1v) is 6.83. The van der Waals surface area contributed by atoms with E-state index in [0.29, 0.717) is 6.54 Å². The zero-order valence-electron chi connectivity index (χ0n) is 11.2. The Kier molecular flexibility index (Phi) is 3.11. The summed E-state index contributed by atoms with van der Waals surface area (Å²) in [7, 11) is 0. The summed E-state index contributed by atoms with van der Waals surface area (Å²) < 4.78 is 39.2. The average Bonchev–Trinajstić information content (AvgIpc) is 2.78. The summed E-state index contributed by atoms with van der Waals surface area (Å²) in [5, 5.41) is 9.34. The maximum atomic E-state index is 13.1. The lowest BCUT2D eigenvalue weighted by Gasteiger charge is -2.41. The lowest BCUT2D eigenvalue weighted by molar-refractivity contribution is -0.146. The van der Waals surface area contributed by atoms with Gasteiger partial charge in [-0.15, -0.1) is 0 Å². The molecule has 4 nitrogen and oxygen atoms in total. The van der Waals surface area contributed by atoms with Crippen molar-refractivity contribution in [3.63, 3.8) is 0 Å². The van der Waals surface area contributed by atoms with Crippen molar-refractivity contribution in [2.45, 2.75) is 25.4 Å². The second-order valence-electron chi connectivity index (χ2n) is 5.86. The van der Waals surface area contributed by atoms with Gasteiger partial charge in [0.1, 0.15) is 5.82 Å². The van der Waals surface area contributed by atoms with E-state index in [1.807, 2.05) is 0 Å². The molecule has 2 heterocycles. The number of hydrogen-bond donors (Lipinski definition) is 1. The number of rotatable bonds is 2. The van der Waals surface area contributed by atoms with Gasteiger partial charge in [-0.3, -0.25) is 4.79 Å². The molecule has 21 heavy (non-hydrogen) atoms. The molecule has 7 heteroatoms. The van der Waals surface area contributed by atoms with Gasteiger partial charge in [0.2, 0.25) is 0 Å². The minimum Gasteiger partial charge on any atom is -0.481 e. The molecule has 0 unspecified atom stereocenters. The monoisotopic (exact) mass is 300 g/mol. The Morgan fingerprint density at radius 2 is 2.14 bits per heavy atom. The minimum atomic E-state index is -4.49. The van der Waals surface area contributed by atoms with Crippen LogP contribution in [-0.4, -0.2) is 29.1 Å². The Bertz CT molecular complexity index is 570. The van der Waals surface area contributed by atoms with E-state index in [2.05, 4.69) is 4.98 Å². The Morgan fingerprint density at radius 3 is 2.62 bits per heavy atom. The highest BCUT2D eigenvalue weighted by atomic mass is 19.4. The first kappa shape index (κ1) is 14.2. The number of nitrogens with zero attached hydrogens (tertiary/aromatic N) is 2. The molecule has 0 bridgehead atoms. The van der Waals surface area contributed by atoms with Crippen molar-refractivity contribution in [2.24, 2.45) is 11.3 Å². The third-order valence-corrected chi connectivity index (χ3v) is 4.69. The lowest BCUT2D eigenvalue weighted by Crippen LogP contribution is -2.40. The molecule has 1 atom stereocenters. The lowest BCUT2D eigenvalue weighted by atomic mass is 9.63.